The number of nitriles is 2. The molecule has 0 amide bonds. The topological polar surface area (TPSA) is 105 Å². The first-order chi connectivity index (χ1) is 18.5. The molecule has 38 heavy (non-hydrogen) atoms. The summed E-state index contributed by atoms with van der Waals surface area (Å²) in [7, 11) is 1.61. The molecule has 0 N–H and O–H groups in total. The zero-order valence-corrected chi connectivity index (χ0v) is 21.7. The van der Waals surface area contributed by atoms with E-state index in [2.05, 4.69) is 21.9 Å². The number of hydrogen-bond acceptors (Lipinski definition) is 9. The fraction of sp³-hybridized carbons (Fsp3) is 0.357. The number of hydrogen-bond donors (Lipinski definition) is 0. The molecule has 6 rings (SSSR count). The van der Waals surface area contributed by atoms with Gasteiger partial charge in [0.15, 0.2) is 0 Å². The molecular formula is C28H26N6O3S. The van der Waals surface area contributed by atoms with E-state index in [0.717, 1.165) is 17.1 Å². The minimum Gasteiger partial charge on any atom is -0.496 e. The van der Waals surface area contributed by atoms with Crippen molar-refractivity contribution in [1.29, 1.82) is 10.5 Å². The average molecular weight is 527 g/mol. The number of thiocarbonyl (C=S) groups is 1. The van der Waals surface area contributed by atoms with Crippen molar-refractivity contribution < 1.29 is 13.6 Å². The molecule has 2 fully saturated rings. The van der Waals surface area contributed by atoms with Gasteiger partial charge in [-0.25, -0.2) is 0 Å². The SMILES string of the molecule is COc1ccccc1C1C2(C#N)CN(Cc3ccco3)CC1(C#N)C1=NCN(Cc3ccco3)CN1C2=S. The maximum absolute atomic E-state index is 11.0. The Balaban J connectivity index is 1.50. The van der Waals surface area contributed by atoms with E-state index in [9.17, 15) is 10.5 Å². The van der Waals surface area contributed by atoms with Gasteiger partial charge in [0.2, 0.25) is 0 Å². The first-order valence-electron chi connectivity index (χ1n) is 12.4. The van der Waals surface area contributed by atoms with Crippen LogP contribution in [-0.2, 0) is 13.1 Å². The molecule has 3 unspecified atom stereocenters. The summed E-state index contributed by atoms with van der Waals surface area (Å²) in [5, 5.41) is 22.0. The second-order valence-corrected chi connectivity index (χ2v) is 10.4. The van der Waals surface area contributed by atoms with Gasteiger partial charge in [-0.15, -0.1) is 0 Å². The fourth-order valence-corrected chi connectivity index (χ4v) is 6.67. The third-order valence-electron chi connectivity index (χ3n) is 7.74. The van der Waals surface area contributed by atoms with Gasteiger partial charge in [-0.05, 0) is 30.3 Å². The van der Waals surface area contributed by atoms with Gasteiger partial charge in [0, 0.05) is 24.6 Å². The van der Waals surface area contributed by atoms with Gasteiger partial charge in [-0.2, -0.15) is 10.5 Å². The monoisotopic (exact) mass is 526 g/mol. The maximum atomic E-state index is 11.0. The summed E-state index contributed by atoms with van der Waals surface area (Å²) in [4.78, 5) is 11.5. The Morgan fingerprint density at radius 1 is 0.974 bits per heavy atom. The molecule has 2 aromatic heterocycles. The van der Waals surface area contributed by atoms with Crippen LogP contribution < -0.4 is 4.74 Å². The van der Waals surface area contributed by atoms with Crippen molar-refractivity contribution in [3.63, 3.8) is 0 Å². The number of aliphatic imine (C=N–C) groups is 1. The van der Waals surface area contributed by atoms with Crippen molar-refractivity contribution in [2.45, 2.75) is 19.0 Å². The third kappa shape index (κ3) is 3.64. The number of rotatable bonds is 6. The predicted molar refractivity (Wildman–Crippen MR) is 142 cm³/mol. The van der Waals surface area contributed by atoms with Crippen LogP contribution in [0.2, 0.25) is 0 Å². The maximum Gasteiger partial charge on any atom is 0.136 e. The van der Waals surface area contributed by atoms with Crippen molar-refractivity contribution in [2.24, 2.45) is 15.8 Å². The Labute approximate surface area is 226 Å². The molecule has 5 heterocycles. The smallest absolute Gasteiger partial charge is 0.136 e. The van der Waals surface area contributed by atoms with E-state index in [1.807, 2.05) is 53.4 Å². The number of methoxy groups -OCH3 is 1. The number of furan rings is 2. The number of piperidine rings is 2. The van der Waals surface area contributed by atoms with Gasteiger partial charge >= 0.3 is 0 Å². The summed E-state index contributed by atoms with van der Waals surface area (Å²) in [6.07, 6.45) is 3.27. The summed E-state index contributed by atoms with van der Waals surface area (Å²) in [5.74, 6) is 2.24. The van der Waals surface area contributed by atoms with Crippen LogP contribution >= 0.6 is 12.2 Å². The molecule has 0 spiro atoms. The minimum atomic E-state index is -1.18. The molecule has 10 heteroatoms. The zero-order valence-electron chi connectivity index (χ0n) is 20.9. The number of benzene rings is 1. The number of amidine groups is 1. The summed E-state index contributed by atoms with van der Waals surface area (Å²) in [6, 6.07) is 20.4. The summed E-state index contributed by atoms with van der Waals surface area (Å²) < 4.78 is 16.9. The standard InChI is InChI=1S/C28H26N6O3S/c1-35-23-9-3-2-8-22(23)24-27(14-29)16-32(12-20-6-4-10-36-20)17-28(24,15-30)26(38)34-19-33(18-31-25(27)34)13-21-7-5-11-37-21/h2-11,24H,12-13,16-19H2,1H3. The third-order valence-corrected chi connectivity index (χ3v) is 8.33. The predicted octanol–water partition coefficient (Wildman–Crippen LogP) is 3.97. The second kappa shape index (κ2) is 9.41. The Morgan fingerprint density at radius 2 is 1.63 bits per heavy atom. The number of nitrogens with zero attached hydrogens (tertiary/aromatic N) is 6. The lowest BCUT2D eigenvalue weighted by Gasteiger charge is -2.60. The highest BCUT2D eigenvalue weighted by Gasteiger charge is 2.68. The van der Waals surface area contributed by atoms with Crippen LogP contribution in [-0.4, -0.2) is 59.1 Å². The van der Waals surface area contributed by atoms with E-state index in [0.29, 0.717) is 56.1 Å². The van der Waals surface area contributed by atoms with Gasteiger partial charge in [0.25, 0.3) is 0 Å². The Bertz CT molecular complexity index is 1460. The van der Waals surface area contributed by atoms with Gasteiger partial charge in [-0.3, -0.25) is 14.8 Å². The molecule has 2 saturated heterocycles. The van der Waals surface area contributed by atoms with E-state index >= 15 is 0 Å². The van der Waals surface area contributed by atoms with Gasteiger partial charge in [0.1, 0.15) is 38.9 Å². The first kappa shape index (κ1) is 24.4. The fourth-order valence-electron chi connectivity index (χ4n) is 6.29. The summed E-state index contributed by atoms with van der Waals surface area (Å²) in [6.45, 7) is 2.52. The van der Waals surface area contributed by atoms with E-state index in [1.54, 1.807) is 19.6 Å². The highest BCUT2D eigenvalue weighted by molar-refractivity contribution is 7.80. The van der Waals surface area contributed by atoms with Crippen molar-refractivity contribution in [1.82, 2.24) is 14.7 Å². The van der Waals surface area contributed by atoms with Gasteiger partial charge in [-0.1, -0.05) is 30.4 Å². The molecule has 9 nitrogen and oxygen atoms in total. The normalized spacial score (nSPS) is 27.2. The molecule has 1 aromatic carbocycles. The van der Waals surface area contributed by atoms with E-state index in [-0.39, 0.29) is 0 Å². The zero-order chi connectivity index (χ0) is 26.3. The summed E-state index contributed by atoms with van der Waals surface area (Å²) in [5.41, 5.74) is -1.54. The summed E-state index contributed by atoms with van der Waals surface area (Å²) >= 11 is 6.15. The van der Waals surface area contributed by atoms with Gasteiger partial charge in [0.05, 0.1) is 58.2 Å². The highest BCUT2D eigenvalue weighted by atomic mass is 32.1. The lowest BCUT2D eigenvalue weighted by molar-refractivity contribution is 0.0471. The van der Waals surface area contributed by atoms with Crippen molar-refractivity contribution in [2.75, 3.05) is 33.5 Å². The second-order valence-electron chi connectivity index (χ2n) is 9.97. The Kier molecular flexibility index (Phi) is 6.04. The Morgan fingerprint density at radius 3 is 2.26 bits per heavy atom. The number of ether oxygens (including phenoxy) is 1. The molecule has 3 aromatic rings. The lowest BCUT2D eigenvalue weighted by Crippen LogP contribution is -2.73. The van der Waals surface area contributed by atoms with Crippen LogP contribution in [0.25, 0.3) is 0 Å². The van der Waals surface area contributed by atoms with Crippen LogP contribution in [0.5, 0.6) is 5.75 Å². The molecule has 192 valence electrons. The number of para-hydroxylation sites is 1. The molecule has 0 radical (unpaired) electrons. The van der Waals surface area contributed by atoms with Gasteiger partial charge < -0.3 is 18.5 Å². The van der Waals surface area contributed by atoms with Crippen LogP contribution in [0.15, 0.2) is 74.9 Å². The Hall–Kier alpha value is -3.96. The van der Waals surface area contributed by atoms with Crippen LogP contribution in [0.3, 0.4) is 0 Å². The molecule has 3 aliphatic rings. The van der Waals surface area contributed by atoms with Crippen LogP contribution in [0, 0.1) is 33.5 Å². The lowest BCUT2D eigenvalue weighted by atomic mass is 9.53. The number of fused-ring (bicyclic) bond motifs is 4. The average Bonchev–Trinajstić information content (AvgIpc) is 3.66. The van der Waals surface area contributed by atoms with Crippen LogP contribution in [0.4, 0.5) is 0 Å². The quantitative estimate of drug-likeness (QED) is 0.441. The molecular weight excluding hydrogens is 500 g/mol. The van der Waals surface area contributed by atoms with Crippen molar-refractivity contribution in [3.05, 3.63) is 78.1 Å². The number of likely N-dealkylation sites (tertiary alicyclic amines) is 1. The molecule has 0 aliphatic carbocycles. The van der Waals surface area contributed by atoms with Crippen molar-refractivity contribution >= 4 is 23.0 Å². The molecule has 0 saturated carbocycles. The first-order valence-corrected chi connectivity index (χ1v) is 12.8. The highest BCUT2D eigenvalue weighted by Crippen LogP contribution is 2.59. The molecule has 2 bridgehead atoms. The van der Waals surface area contributed by atoms with E-state index in [1.165, 1.54) is 0 Å². The van der Waals surface area contributed by atoms with Crippen LogP contribution in [0.1, 0.15) is 23.0 Å². The molecule has 3 atom stereocenters. The van der Waals surface area contributed by atoms with Crippen molar-refractivity contribution in [3.8, 4) is 17.9 Å². The van der Waals surface area contributed by atoms with E-state index in [4.69, 9.17) is 30.8 Å². The van der Waals surface area contributed by atoms with E-state index < -0.39 is 16.7 Å². The minimum absolute atomic E-state index is 0.344. The molecule has 3 aliphatic heterocycles. The largest absolute Gasteiger partial charge is 0.496 e.